The van der Waals surface area contributed by atoms with Crippen molar-refractivity contribution >= 4 is 33.1 Å². The Balaban J connectivity index is 1.45. The number of amides is 1. The molecule has 0 spiro atoms. The number of benzene rings is 3. The molecule has 0 bridgehead atoms. The molecule has 0 aliphatic heterocycles. The molecule has 0 aliphatic rings. The van der Waals surface area contributed by atoms with Crippen LogP contribution in [0.15, 0.2) is 72.8 Å². The molecule has 140 valence electrons. The van der Waals surface area contributed by atoms with Crippen molar-refractivity contribution in [1.82, 2.24) is 4.98 Å². The number of rotatable bonds is 6. The van der Waals surface area contributed by atoms with E-state index >= 15 is 0 Å². The van der Waals surface area contributed by atoms with Crippen molar-refractivity contribution in [3.05, 3.63) is 72.8 Å². The maximum absolute atomic E-state index is 12.3. The number of para-hydroxylation sites is 3. The van der Waals surface area contributed by atoms with Gasteiger partial charge in [-0.2, -0.15) is 0 Å². The Morgan fingerprint density at radius 2 is 1.79 bits per heavy atom. The maximum atomic E-state index is 12.3. The highest BCUT2D eigenvalue weighted by Gasteiger charge is 2.10. The summed E-state index contributed by atoms with van der Waals surface area (Å²) in [5.41, 5.74) is 2.64. The van der Waals surface area contributed by atoms with Gasteiger partial charge in [-0.15, -0.1) is 11.3 Å². The molecule has 5 nitrogen and oxygen atoms in total. The molecule has 1 N–H and O–H groups in total. The standard InChI is InChI=1S/C22H18N2O3S/c1-26-18-10-3-4-11-19(18)27-14-21(25)23-16-8-6-7-15(13-16)22-24-17-9-2-5-12-20(17)28-22/h2-13H,14H2,1H3,(H,23,25). The van der Waals surface area contributed by atoms with E-state index in [0.717, 1.165) is 20.8 Å². The average Bonchev–Trinajstić information content (AvgIpc) is 3.17. The van der Waals surface area contributed by atoms with Gasteiger partial charge in [0.25, 0.3) is 5.91 Å². The van der Waals surface area contributed by atoms with E-state index in [1.807, 2.05) is 54.6 Å². The van der Waals surface area contributed by atoms with Gasteiger partial charge < -0.3 is 14.8 Å². The Labute approximate surface area is 166 Å². The zero-order valence-electron chi connectivity index (χ0n) is 15.2. The third-order valence-corrected chi connectivity index (χ3v) is 5.20. The number of hydrogen-bond donors (Lipinski definition) is 1. The molecule has 0 aliphatic carbocycles. The first kappa shape index (κ1) is 18.0. The van der Waals surface area contributed by atoms with Crippen LogP contribution in [0, 0.1) is 0 Å². The second-order valence-electron chi connectivity index (χ2n) is 6.06. The van der Waals surface area contributed by atoms with Crippen molar-refractivity contribution in [3.8, 4) is 22.1 Å². The smallest absolute Gasteiger partial charge is 0.262 e. The third kappa shape index (κ3) is 3.97. The number of methoxy groups -OCH3 is 1. The van der Waals surface area contributed by atoms with Crippen molar-refractivity contribution < 1.29 is 14.3 Å². The van der Waals surface area contributed by atoms with E-state index in [0.29, 0.717) is 17.2 Å². The van der Waals surface area contributed by atoms with Gasteiger partial charge in [0.1, 0.15) is 5.01 Å². The van der Waals surface area contributed by atoms with Gasteiger partial charge in [0, 0.05) is 11.3 Å². The Morgan fingerprint density at radius 1 is 1.00 bits per heavy atom. The highest BCUT2D eigenvalue weighted by atomic mass is 32.1. The molecule has 0 unspecified atom stereocenters. The quantitative estimate of drug-likeness (QED) is 0.504. The Hall–Kier alpha value is -3.38. The molecule has 1 heterocycles. The first-order valence-electron chi connectivity index (χ1n) is 8.74. The fourth-order valence-corrected chi connectivity index (χ4v) is 3.77. The predicted octanol–water partition coefficient (Wildman–Crippen LogP) is 4.99. The fourth-order valence-electron chi connectivity index (χ4n) is 2.80. The molecular formula is C22H18N2O3S. The summed E-state index contributed by atoms with van der Waals surface area (Å²) in [7, 11) is 1.57. The van der Waals surface area contributed by atoms with Crippen LogP contribution in [0.4, 0.5) is 5.69 Å². The van der Waals surface area contributed by atoms with E-state index in [9.17, 15) is 4.79 Å². The molecule has 4 aromatic rings. The van der Waals surface area contributed by atoms with E-state index < -0.39 is 0 Å². The van der Waals surface area contributed by atoms with Gasteiger partial charge in [-0.05, 0) is 36.4 Å². The molecule has 0 saturated heterocycles. The topological polar surface area (TPSA) is 60.5 Å². The summed E-state index contributed by atoms with van der Waals surface area (Å²) in [6, 6.07) is 22.9. The van der Waals surface area contributed by atoms with Crippen LogP contribution >= 0.6 is 11.3 Å². The van der Waals surface area contributed by atoms with E-state index in [1.54, 1.807) is 30.6 Å². The number of nitrogens with one attached hydrogen (secondary N) is 1. The SMILES string of the molecule is COc1ccccc1OCC(=O)Nc1cccc(-c2nc3ccccc3s2)c1. The van der Waals surface area contributed by atoms with E-state index in [1.165, 1.54) is 0 Å². The van der Waals surface area contributed by atoms with Crippen molar-refractivity contribution in [3.63, 3.8) is 0 Å². The van der Waals surface area contributed by atoms with Crippen molar-refractivity contribution in [2.24, 2.45) is 0 Å². The second kappa shape index (κ2) is 8.10. The zero-order valence-corrected chi connectivity index (χ0v) is 16.0. The van der Waals surface area contributed by atoms with Crippen molar-refractivity contribution in [2.75, 3.05) is 19.0 Å². The molecule has 3 aromatic carbocycles. The first-order chi connectivity index (χ1) is 13.7. The molecule has 0 fully saturated rings. The Kier molecular flexibility index (Phi) is 5.21. The lowest BCUT2D eigenvalue weighted by Gasteiger charge is -2.11. The summed E-state index contributed by atoms with van der Waals surface area (Å²) >= 11 is 1.63. The third-order valence-electron chi connectivity index (χ3n) is 4.12. The van der Waals surface area contributed by atoms with Gasteiger partial charge in [-0.3, -0.25) is 4.79 Å². The highest BCUT2D eigenvalue weighted by Crippen LogP contribution is 2.31. The fraction of sp³-hybridized carbons (Fsp3) is 0.0909. The number of ether oxygens (including phenoxy) is 2. The minimum atomic E-state index is -0.243. The first-order valence-corrected chi connectivity index (χ1v) is 9.56. The molecular weight excluding hydrogens is 372 g/mol. The minimum absolute atomic E-state index is 0.105. The van der Waals surface area contributed by atoms with Crippen LogP contribution in [-0.2, 0) is 4.79 Å². The lowest BCUT2D eigenvalue weighted by Crippen LogP contribution is -2.20. The number of nitrogens with zero attached hydrogens (tertiary/aromatic N) is 1. The lowest BCUT2D eigenvalue weighted by atomic mass is 10.2. The highest BCUT2D eigenvalue weighted by molar-refractivity contribution is 7.21. The van der Waals surface area contributed by atoms with Gasteiger partial charge >= 0.3 is 0 Å². The second-order valence-corrected chi connectivity index (χ2v) is 7.09. The van der Waals surface area contributed by atoms with Gasteiger partial charge in [-0.25, -0.2) is 4.98 Å². The Morgan fingerprint density at radius 3 is 2.61 bits per heavy atom. The summed E-state index contributed by atoms with van der Waals surface area (Å²) in [5.74, 6) is 0.879. The van der Waals surface area contributed by atoms with Crippen LogP contribution in [0.5, 0.6) is 11.5 Å². The normalized spacial score (nSPS) is 10.6. The van der Waals surface area contributed by atoms with Crippen molar-refractivity contribution in [1.29, 1.82) is 0 Å². The average molecular weight is 390 g/mol. The molecule has 28 heavy (non-hydrogen) atoms. The van der Waals surface area contributed by atoms with Crippen LogP contribution in [0.1, 0.15) is 0 Å². The number of hydrogen-bond acceptors (Lipinski definition) is 5. The van der Waals surface area contributed by atoms with E-state index in [2.05, 4.69) is 16.4 Å². The molecule has 1 amide bonds. The van der Waals surface area contributed by atoms with E-state index in [4.69, 9.17) is 9.47 Å². The summed E-state index contributed by atoms with van der Waals surface area (Å²) in [6.45, 7) is -0.105. The number of thiazole rings is 1. The van der Waals surface area contributed by atoms with Crippen LogP contribution < -0.4 is 14.8 Å². The minimum Gasteiger partial charge on any atom is -0.493 e. The summed E-state index contributed by atoms with van der Waals surface area (Å²) in [6.07, 6.45) is 0. The monoisotopic (exact) mass is 390 g/mol. The Bertz CT molecular complexity index is 1090. The number of carbonyl (C=O) groups excluding carboxylic acids is 1. The van der Waals surface area contributed by atoms with Crippen LogP contribution in [0.25, 0.3) is 20.8 Å². The number of fused-ring (bicyclic) bond motifs is 1. The van der Waals surface area contributed by atoms with E-state index in [-0.39, 0.29) is 12.5 Å². The number of anilines is 1. The molecule has 1 aromatic heterocycles. The number of carbonyl (C=O) groups is 1. The van der Waals surface area contributed by atoms with Crippen LogP contribution in [0.3, 0.4) is 0 Å². The summed E-state index contributed by atoms with van der Waals surface area (Å²) in [4.78, 5) is 16.9. The molecule has 0 radical (unpaired) electrons. The van der Waals surface area contributed by atoms with Crippen molar-refractivity contribution in [2.45, 2.75) is 0 Å². The lowest BCUT2D eigenvalue weighted by molar-refractivity contribution is -0.118. The molecule has 4 rings (SSSR count). The van der Waals surface area contributed by atoms with Gasteiger partial charge in [0.15, 0.2) is 18.1 Å². The predicted molar refractivity (Wildman–Crippen MR) is 112 cm³/mol. The van der Waals surface area contributed by atoms with Crippen LogP contribution in [-0.4, -0.2) is 24.6 Å². The summed E-state index contributed by atoms with van der Waals surface area (Å²) < 4.78 is 11.9. The molecule has 6 heteroatoms. The number of aromatic nitrogens is 1. The van der Waals surface area contributed by atoms with Gasteiger partial charge in [0.2, 0.25) is 0 Å². The molecule has 0 atom stereocenters. The van der Waals surface area contributed by atoms with Crippen LogP contribution in [0.2, 0.25) is 0 Å². The molecule has 0 saturated carbocycles. The van der Waals surface area contributed by atoms with Gasteiger partial charge in [-0.1, -0.05) is 36.4 Å². The van der Waals surface area contributed by atoms with Gasteiger partial charge in [0.05, 0.1) is 17.3 Å². The largest absolute Gasteiger partial charge is 0.493 e. The summed E-state index contributed by atoms with van der Waals surface area (Å²) in [5, 5.41) is 3.78. The zero-order chi connectivity index (χ0) is 19.3. The maximum Gasteiger partial charge on any atom is 0.262 e.